The van der Waals surface area contributed by atoms with Crippen LogP contribution < -0.4 is 0 Å². The molecule has 0 N–H and O–H groups in total. The van der Waals surface area contributed by atoms with Crippen molar-refractivity contribution in [3.8, 4) is 0 Å². The Hall–Kier alpha value is 5.22. The third-order valence-electron chi connectivity index (χ3n) is 3.62. The normalized spacial score (nSPS) is 10.4. The van der Waals surface area contributed by atoms with E-state index < -0.39 is 0 Å². The molecule has 0 bridgehead atoms. The van der Waals surface area contributed by atoms with Crippen LogP contribution in [0.15, 0.2) is 0 Å². The van der Waals surface area contributed by atoms with Gasteiger partial charge in [-0.1, -0.05) is 125 Å². The van der Waals surface area contributed by atoms with Crippen molar-refractivity contribution < 1.29 is 89.5 Å². The van der Waals surface area contributed by atoms with Gasteiger partial charge in [0.05, 0.1) is 37.0 Å². The Morgan fingerprint density at radius 1 is 0.295 bits per heavy atom. The molecule has 0 unspecified atom stereocenters. The third kappa shape index (κ3) is 187. The molecular weight excluding hydrogens is 1030 g/mol. The van der Waals surface area contributed by atoms with E-state index in [0.29, 0.717) is 0 Å². The van der Waals surface area contributed by atoms with Crippen molar-refractivity contribution in [2.75, 3.05) is 37.0 Å². The van der Waals surface area contributed by atoms with Crippen LogP contribution in [0.5, 0.6) is 0 Å². The molecule has 0 aliphatic rings. The second-order valence-electron chi connectivity index (χ2n) is 14.4. The van der Waals surface area contributed by atoms with E-state index in [0.717, 1.165) is 0 Å². The van der Waals surface area contributed by atoms with Crippen LogP contribution in [0.3, 0.4) is 0 Å². The molecule has 0 radical (unpaired) electrons. The molecule has 0 aliphatic heterocycles. The minimum atomic E-state index is 0. The average molecular weight is 1110 g/mol. The fourth-order valence-electron chi connectivity index (χ4n) is 2.87. The van der Waals surface area contributed by atoms with Crippen molar-refractivity contribution in [3.05, 3.63) is 0 Å². The molecule has 292 valence electrons. The zero-order chi connectivity index (χ0) is 33.6. The first-order chi connectivity index (χ1) is 17.7. The second-order valence-corrected chi connectivity index (χ2v) is 25.3. The van der Waals surface area contributed by atoms with E-state index in [2.05, 4.69) is 41.5 Å². The first-order valence-corrected chi connectivity index (χ1v) is 22.1. The molecule has 0 aromatic carbocycles. The Labute approximate surface area is 370 Å². The van der Waals surface area contributed by atoms with E-state index in [4.69, 9.17) is 50.5 Å². The van der Waals surface area contributed by atoms with Crippen LogP contribution in [0.4, 0.5) is 0 Å². The molecule has 0 aromatic heterocycles. The topological polar surface area (TPSA) is 0 Å². The van der Waals surface area contributed by atoms with Crippen LogP contribution in [0, 0.1) is 0 Å². The molecule has 0 atom stereocenters. The van der Waals surface area contributed by atoms with Crippen molar-refractivity contribution in [3.63, 3.8) is 0 Å². The van der Waals surface area contributed by atoms with Crippen LogP contribution in [0.2, 0.25) is 0 Å². The zero-order valence-corrected chi connectivity index (χ0v) is 43.5. The number of hydrogen-bond donors (Lipinski definition) is 0. The molecule has 44 heavy (non-hydrogen) atoms. The van der Waals surface area contributed by atoms with Crippen molar-refractivity contribution in [2.45, 2.75) is 182 Å². The fourth-order valence-corrected chi connectivity index (χ4v) is 8.61. The predicted molar refractivity (Wildman–Crippen MR) is 216 cm³/mol. The summed E-state index contributed by atoms with van der Waals surface area (Å²) < 4.78 is 0.333. The van der Waals surface area contributed by atoms with Crippen molar-refractivity contribution >= 4 is 66.4 Å². The first-order valence-electron chi connectivity index (χ1n) is 16.2. The van der Waals surface area contributed by atoms with Gasteiger partial charge in [0.25, 0.3) is 0 Å². The largest absolute Gasteiger partial charge is 1.00 e. The maximum Gasteiger partial charge on any atom is 1.00 e. The Kier molecular flexibility index (Phi) is 81.5. The molecule has 0 nitrogen and oxygen atoms in total. The maximum absolute atomic E-state index is 4.83. The Morgan fingerprint density at radius 2 is 0.364 bits per heavy atom. The van der Waals surface area contributed by atoms with Crippen molar-refractivity contribution in [1.82, 2.24) is 0 Å². The molecule has 0 heterocycles. The summed E-state index contributed by atoms with van der Waals surface area (Å²) >= 11 is 19.3. The predicted octanol–water partition coefficient (Wildman–Crippen LogP) is 12.2. The van der Waals surface area contributed by atoms with Crippen molar-refractivity contribution in [1.29, 1.82) is 0 Å². The summed E-state index contributed by atoms with van der Waals surface area (Å²) in [5.74, 6) is 0. The van der Waals surface area contributed by atoms with Gasteiger partial charge < -0.3 is 50.5 Å². The Morgan fingerprint density at radius 3 is 0.409 bits per heavy atom. The molecule has 0 aromatic rings. The van der Waals surface area contributed by atoms with Gasteiger partial charge in [0.2, 0.25) is 0 Å². The molecule has 0 saturated carbocycles. The smallest absolute Gasteiger partial charge is 0.787 e. The minimum absolute atomic E-state index is 0. The van der Waals surface area contributed by atoms with Gasteiger partial charge in [-0.2, -0.15) is 19.0 Å². The van der Waals surface area contributed by atoms with E-state index >= 15 is 0 Å². The first kappa shape index (κ1) is 74.4. The quantitative estimate of drug-likeness (QED) is 0.108. The third-order valence-corrected chi connectivity index (χ3v) is 10.9. The van der Waals surface area contributed by atoms with Gasteiger partial charge in [-0.15, -0.1) is 0 Å². The summed E-state index contributed by atoms with van der Waals surface area (Å²) in [7, 11) is 0.205. The monoisotopic (exact) mass is 1110 g/mol. The van der Waals surface area contributed by atoms with Gasteiger partial charge >= 0.3 is 89.5 Å². The SMILES string of the molecule is CC(C)(C)[S-].CC(C)(C)[S-].CC(C)(C)[S-].CC(C)(C)[S-].CCC[PH+](CCC)CCC.CCC[PH+](CCC)CCC.[Ag+].[Ag+].[Ag+].[Ag+]. The van der Waals surface area contributed by atoms with Gasteiger partial charge in [0.15, 0.2) is 0 Å². The van der Waals surface area contributed by atoms with E-state index in [1.54, 1.807) is 37.0 Å². The van der Waals surface area contributed by atoms with Crippen LogP contribution in [-0.2, 0) is 140 Å². The fraction of sp³-hybridized carbons (Fsp3) is 1.00. The molecule has 0 aliphatic carbocycles. The average Bonchev–Trinajstić information content (AvgIpc) is 2.65. The second kappa shape index (κ2) is 48.2. The van der Waals surface area contributed by atoms with Gasteiger partial charge in [0.1, 0.15) is 0 Å². The molecule has 0 fully saturated rings. The van der Waals surface area contributed by atoms with Gasteiger partial charge in [-0.05, 0) is 38.5 Å². The Balaban J connectivity index is -0.0000000399. The van der Waals surface area contributed by atoms with Gasteiger partial charge in [0, 0.05) is 15.8 Å². The van der Waals surface area contributed by atoms with Crippen LogP contribution in [0.25, 0.3) is 0 Å². The zero-order valence-electron chi connectivity index (χ0n) is 32.3. The summed E-state index contributed by atoms with van der Waals surface area (Å²) in [6, 6.07) is 0. The minimum Gasteiger partial charge on any atom is -0.787 e. The molecule has 10 heteroatoms. The van der Waals surface area contributed by atoms with E-state index in [9.17, 15) is 0 Å². The van der Waals surface area contributed by atoms with Crippen LogP contribution >= 0.6 is 15.8 Å². The van der Waals surface area contributed by atoms with Gasteiger partial charge in [-0.3, -0.25) is 0 Å². The maximum atomic E-state index is 4.83. The Bertz CT molecular complexity index is 346. The van der Waals surface area contributed by atoms with E-state index in [1.165, 1.54) is 38.5 Å². The standard InChI is InChI=1S/2C9H21P.4C4H10S.4Ag/c2*1-4-7-10(8-5-2)9-6-3;4*1-4(2,3)5;;;;/h2*4-9H2,1-3H3;4*5H,1-3H3;;;;/q;;;;;;4*+1/p-2. The van der Waals surface area contributed by atoms with E-state index in [-0.39, 0.29) is 124 Å². The summed E-state index contributed by atoms with van der Waals surface area (Å²) in [5.41, 5.74) is 0. The van der Waals surface area contributed by atoms with Crippen molar-refractivity contribution in [2.24, 2.45) is 0 Å². The van der Waals surface area contributed by atoms with E-state index in [1.807, 2.05) is 83.1 Å². The summed E-state index contributed by atoms with van der Waals surface area (Å²) in [5, 5.41) is 0. The van der Waals surface area contributed by atoms with Crippen LogP contribution in [0.1, 0.15) is 163 Å². The number of hydrogen-bond acceptors (Lipinski definition) is 4. The summed E-state index contributed by atoms with van der Waals surface area (Å²) in [6.45, 7) is 37.9. The summed E-state index contributed by atoms with van der Waals surface area (Å²) in [6.07, 6.45) is 17.8. The summed E-state index contributed by atoms with van der Waals surface area (Å²) in [4.78, 5) is 0. The molecule has 0 saturated heterocycles. The molecule has 0 spiro atoms. The molecule has 0 rings (SSSR count). The molecular formula is C34H80Ag4P2S4+2. The number of rotatable bonds is 12. The molecule has 0 amide bonds. The van der Waals surface area contributed by atoms with Crippen LogP contribution in [-0.4, -0.2) is 56.0 Å². The van der Waals surface area contributed by atoms with Gasteiger partial charge in [-0.25, -0.2) is 0 Å².